The number of fused-ring (bicyclic) bond motifs is 1. The van der Waals surface area contributed by atoms with Crippen LogP contribution in [-0.4, -0.2) is 4.98 Å². The van der Waals surface area contributed by atoms with Crippen LogP contribution in [0.15, 0.2) is 22.7 Å². The third kappa shape index (κ3) is 1.35. The molecule has 2 aromatic rings. The molecular weight excluding hydrogens is 247 g/mol. The first-order chi connectivity index (χ1) is 6.61. The number of halogens is 2. The van der Waals surface area contributed by atoms with Gasteiger partial charge < -0.3 is 10.7 Å². The van der Waals surface area contributed by atoms with Crippen LogP contribution in [0.3, 0.4) is 0 Å². The average Bonchev–Trinajstić information content (AvgIpc) is 2.46. The molecule has 0 bridgehead atoms. The zero-order chi connectivity index (χ0) is 10.3. The van der Waals surface area contributed by atoms with Crippen molar-refractivity contribution in [1.29, 1.82) is 0 Å². The van der Waals surface area contributed by atoms with Crippen LogP contribution in [0, 0.1) is 5.82 Å². The SMILES string of the molecule is CC(N)c1[nH]c2c(F)cccc2c1Br. The minimum atomic E-state index is -0.255. The van der Waals surface area contributed by atoms with E-state index in [1.54, 1.807) is 6.07 Å². The standard InChI is InChI=1S/C10H10BrFN2/c1-5(13)9-8(11)6-3-2-4-7(12)10(6)14-9/h2-5,14H,13H2,1H3. The number of aromatic nitrogens is 1. The van der Waals surface area contributed by atoms with Crippen LogP contribution < -0.4 is 5.73 Å². The Labute approximate surface area is 89.4 Å². The Bertz CT molecular complexity index is 476. The highest BCUT2D eigenvalue weighted by molar-refractivity contribution is 9.10. The van der Waals surface area contributed by atoms with Crippen molar-refractivity contribution in [1.82, 2.24) is 4.98 Å². The second kappa shape index (κ2) is 3.37. The third-order valence-electron chi connectivity index (χ3n) is 2.20. The summed E-state index contributed by atoms with van der Waals surface area (Å²) in [4.78, 5) is 2.98. The molecule has 1 unspecified atom stereocenters. The molecule has 0 spiro atoms. The minimum absolute atomic E-state index is 0.142. The van der Waals surface area contributed by atoms with Gasteiger partial charge in [-0.15, -0.1) is 0 Å². The first-order valence-electron chi connectivity index (χ1n) is 4.32. The Morgan fingerprint density at radius 1 is 1.50 bits per heavy atom. The molecule has 1 aromatic carbocycles. The molecule has 0 aliphatic rings. The summed E-state index contributed by atoms with van der Waals surface area (Å²) in [6, 6.07) is 4.82. The van der Waals surface area contributed by atoms with Crippen LogP contribution in [0.1, 0.15) is 18.7 Å². The predicted octanol–water partition coefficient (Wildman–Crippen LogP) is 3.09. The average molecular weight is 257 g/mol. The lowest BCUT2D eigenvalue weighted by molar-refractivity contribution is 0.636. The fourth-order valence-electron chi connectivity index (χ4n) is 1.48. The van der Waals surface area contributed by atoms with Crippen LogP contribution in [0.25, 0.3) is 10.9 Å². The second-order valence-corrected chi connectivity index (χ2v) is 4.10. The fourth-order valence-corrected chi connectivity index (χ4v) is 2.27. The highest BCUT2D eigenvalue weighted by Crippen LogP contribution is 2.31. The molecule has 14 heavy (non-hydrogen) atoms. The smallest absolute Gasteiger partial charge is 0.147 e. The van der Waals surface area contributed by atoms with Gasteiger partial charge >= 0.3 is 0 Å². The van der Waals surface area contributed by atoms with Gasteiger partial charge in [0.05, 0.1) is 5.52 Å². The van der Waals surface area contributed by atoms with Gasteiger partial charge in [-0.1, -0.05) is 12.1 Å². The van der Waals surface area contributed by atoms with Gasteiger partial charge in [-0.25, -0.2) is 4.39 Å². The number of H-pyrrole nitrogens is 1. The van der Waals surface area contributed by atoms with Crippen molar-refractivity contribution in [2.75, 3.05) is 0 Å². The molecule has 0 fully saturated rings. The van der Waals surface area contributed by atoms with Gasteiger partial charge in [0.2, 0.25) is 0 Å². The van der Waals surface area contributed by atoms with Gasteiger partial charge in [-0.2, -0.15) is 0 Å². The zero-order valence-electron chi connectivity index (χ0n) is 7.64. The lowest BCUT2D eigenvalue weighted by Gasteiger charge is -2.01. The summed E-state index contributed by atoms with van der Waals surface area (Å²) in [5.41, 5.74) is 7.08. The quantitative estimate of drug-likeness (QED) is 0.809. The van der Waals surface area contributed by atoms with E-state index < -0.39 is 0 Å². The Balaban J connectivity index is 2.80. The van der Waals surface area contributed by atoms with E-state index >= 15 is 0 Å². The van der Waals surface area contributed by atoms with Gasteiger partial charge in [0.1, 0.15) is 5.82 Å². The van der Waals surface area contributed by atoms with Crippen LogP contribution in [-0.2, 0) is 0 Å². The molecule has 0 radical (unpaired) electrons. The lowest BCUT2D eigenvalue weighted by atomic mass is 10.2. The van der Waals surface area contributed by atoms with Crippen LogP contribution in [0.4, 0.5) is 4.39 Å². The fraction of sp³-hybridized carbons (Fsp3) is 0.200. The summed E-state index contributed by atoms with van der Waals surface area (Å²) < 4.78 is 14.2. The van der Waals surface area contributed by atoms with Crippen molar-refractivity contribution in [2.45, 2.75) is 13.0 Å². The maximum Gasteiger partial charge on any atom is 0.147 e. The molecule has 0 saturated carbocycles. The van der Waals surface area contributed by atoms with Gasteiger partial charge in [-0.05, 0) is 28.9 Å². The maximum atomic E-state index is 13.4. The topological polar surface area (TPSA) is 41.8 Å². The summed E-state index contributed by atoms with van der Waals surface area (Å²) in [6.45, 7) is 1.85. The Morgan fingerprint density at radius 3 is 2.79 bits per heavy atom. The molecule has 4 heteroatoms. The first kappa shape index (κ1) is 9.68. The van der Waals surface area contributed by atoms with Crippen molar-refractivity contribution in [2.24, 2.45) is 5.73 Å². The van der Waals surface area contributed by atoms with Crippen molar-refractivity contribution < 1.29 is 4.39 Å². The van der Waals surface area contributed by atoms with Crippen molar-refractivity contribution >= 4 is 26.8 Å². The number of hydrogen-bond acceptors (Lipinski definition) is 1. The molecule has 0 saturated heterocycles. The number of hydrogen-bond donors (Lipinski definition) is 2. The summed E-state index contributed by atoms with van der Waals surface area (Å²) in [6.07, 6.45) is 0. The van der Waals surface area contributed by atoms with E-state index in [9.17, 15) is 4.39 Å². The predicted molar refractivity (Wildman–Crippen MR) is 58.6 cm³/mol. The maximum absolute atomic E-state index is 13.4. The number of benzene rings is 1. The van der Waals surface area contributed by atoms with Crippen LogP contribution in [0.2, 0.25) is 0 Å². The first-order valence-corrected chi connectivity index (χ1v) is 5.11. The summed E-state index contributed by atoms with van der Waals surface area (Å²) >= 11 is 3.41. The van der Waals surface area contributed by atoms with E-state index in [-0.39, 0.29) is 11.9 Å². The highest BCUT2D eigenvalue weighted by Gasteiger charge is 2.13. The number of nitrogens with one attached hydrogen (secondary N) is 1. The van der Waals surface area contributed by atoms with Gasteiger partial charge in [0, 0.05) is 21.6 Å². The van der Waals surface area contributed by atoms with E-state index in [0.29, 0.717) is 5.52 Å². The summed E-state index contributed by atoms with van der Waals surface area (Å²) in [5.74, 6) is -0.255. The Morgan fingerprint density at radius 2 is 2.21 bits per heavy atom. The number of para-hydroxylation sites is 1. The van der Waals surface area contributed by atoms with E-state index in [1.165, 1.54) is 6.07 Å². The van der Waals surface area contributed by atoms with Crippen molar-refractivity contribution in [3.63, 3.8) is 0 Å². The monoisotopic (exact) mass is 256 g/mol. The van der Waals surface area contributed by atoms with E-state index in [1.807, 2.05) is 13.0 Å². The van der Waals surface area contributed by atoms with Gasteiger partial charge in [-0.3, -0.25) is 0 Å². The normalized spacial score (nSPS) is 13.4. The Kier molecular flexibility index (Phi) is 2.33. The summed E-state index contributed by atoms with van der Waals surface area (Å²) in [7, 11) is 0. The molecule has 1 heterocycles. The van der Waals surface area contributed by atoms with E-state index in [0.717, 1.165) is 15.6 Å². The molecule has 0 aliphatic heterocycles. The highest BCUT2D eigenvalue weighted by atomic mass is 79.9. The molecule has 1 aromatic heterocycles. The Hall–Kier alpha value is -0.870. The molecule has 2 nitrogen and oxygen atoms in total. The molecule has 1 atom stereocenters. The molecule has 3 N–H and O–H groups in total. The number of aromatic amines is 1. The molecule has 0 aliphatic carbocycles. The van der Waals surface area contributed by atoms with E-state index in [4.69, 9.17) is 5.73 Å². The van der Waals surface area contributed by atoms with Crippen LogP contribution >= 0.6 is 15.9 Å². The third-order valence-corrected chi connectivity index (χ3v) is 3.06. The van der Waals surface area contributed by atoms with Crippen LogP contribution in [0.5, 0.6) is 0 Å². The number of rotatable bonds is 1. The molecular formula is C10H10BrFN2. The molecule has 0 amide bonds. The molecule has 74 valence electrons. The lowest BCUT2D eigenvalue weighted by Crippen LogP contribution is -2.05. The zero-order valence-corrected chi connectivity index (χ0v) is 9.23. The van der Waals surface area contributed by atoms with Gasteiger partial charge in [0.15, 0.2) is 0 Å². The van der Waals surface area contributed by atoms with E-state index in [2.05, 4.69) is 20.9 Å². The van der Waals surface area contributed by atoms with Crippen molar-refractivity contribution in [3.8, 4) is 0 Å². The largest absolute Gasteiger partial charge is 0.354 e. The number of nitrogens with two attached hydrogens (primary N) is 1. The van der Waals surface area contributed by atoms with Crippen molar-refractivity contribution in [3.05, 3.63) is 34.2 Å². The second-order valence-electron chi connectivity index (χ2n) is 3.30. The minimum Gasteiger partial charge on any atom is -0.354 e. The summed E-state index contributed by atoms with van der Waals surface area (Å²) in [5, 5.41) is 0.831. The van der Waals surface area contributed by atoms with Gasteiger partial charge in [0.25, 0.3) is 0 Å². The molecule has 2 rings (SSSR count).